The zero-order valence-corrected chi connectivity index (χ0v) is 17.6. The molecule has 1 aromatic heterocycles. The van der Waals surface area contributed by atoms with Gasteiger partial charge in [-0.3, -0.25) is 9.80 Å². The molecule has 9 heteroatoms. The number of halogens is 1. The number of nitrogens with one attached hydrogen (secondary N) is 2. The Bertz CT molecular complexity index is 1100. The van der Waals surface area contributed by atoms with Crippen LogP contribution in [-0.2, 0) is 6.54 Å². The van der Waals surface area contributed by atoms with Crippen molar-refractivity contribution in [3.8, 4) is 5.75 Å². The minimum absolute atomic E-state index is 0.107. The fraction of sp³-hybridized carbons (Fsp3) is 0.273. The van der Waals surface area contributed by atoms with Gasteiger partial charge in [-0.1, -0.05) is 11.6 Å². The van der Waals surface area contributed by atoms with Crippen LogP contribution in [0.3, 0.4) is 0 Å². The Balaban J connectivity index is 1.35. The standard InChI is InChI=1S/C22H24ClN5O3/c23-16-5-8-20-15(10-16)11-17(26-20)12-25-22(31)28(24)18-2-1-9-27(13-18)21(30)14-3-6-19(29)7-4-14/h3-8,10-11,18,26,29H,1-2,9,12-13,24H2,(H,25,31)/t18-/m1/s1. The number of aromatic amines is 1. The summed E-state index contributed by atoms with van der Waals surface area (Å²) in [6.45, 7) is 1.25. The first-order valence-electron chi connectivity index (χ1n) is 10.1. The Labute approximate surface area is 184 Å². The van der Waals surface area contributed by atoms with Gasteiger partial charge in [0.25, 0.3) is 5.91 Å². The van der Waals surface area contributed by atoms with Gasteiger partial charge in [-0.25, -0.2) is 10.6 Å². The van der Waals surface area contributed by atoms with E-state index in [1.807, 2.05) is 18.2 Å². The van der Waals surface area contributed by atoms with Gasteiger partial charge in [0.2, 0.25) is 0 Å². The summed E-state index contributed by atoms with van der Waals surface area (Å²) in [6, 6.07) is 12.9. The van der Waals surface area contributed by atoms with Crippen molar-refractivity contribution in [2.75, 3.05) is 13.1 Å². The summed E-state index contributed by atoms with van der Waals surface area (Å²) in [5, 5.41) is 15.0. The number of rotatable bonds is 4. The number of hydrogen-bond donors (Lipinski definition) is 4. The summed E-state index contributed by atoms with van der Waals surface area (Å²) >= 11 is 6.02. The summed E-state index contributed by atoms with van der Waals surface area (Å²) in [5.41, 5.74) is 2.27. The number of likely N-dealkylation sites (tertiary alicyclic amines) is 1. The van der Waals surface area contributed by atoms with Crippen LogP contribution in [0.25, 0.3) is 10.9 Å². The maximum atomic E-state index is 12.7. The number of H-pyrrole nitrogens is 1. The third kappa shape index (κ3) is 4.76. The predicted octanol–water partition coefficient (Wildman–Crippen LogP) is 3.22. The van der Waals surface area contributed by atoms with Crippen LogP contribution in [0, 0.1) is 0 Å². The fourth-order valence-electron chi connectivity index (χ4n) is 3.84. The zero-order chi connectivity index (χ0) is 22.0. The fourth-order valence-corrected chi connectivity index (χ4v) is 4.02. The van der Waals surface area contributed by atoms with Gasteiger partial charge in [0.1, 0.15) is 5.75 Å². The smallest absolute Gasteiger partial charge is 0.332 e. The molecule has 4 rings (SSSR count). The molecule has 0 unspecified atom stereocenters. The van der Waals surface area contributed by atoms with Gasteiger partial charge in [-0.05, 0) is 61.4 Å². The average molecular weight is 442 g/mol. The van der Waals surface area contributed by atoms with Crippen LogP contribution in [-0.4, -0.2) is 51.1 Å². The summed E-state index contributed by atoms with van der Waals surface area (Å²) < 4.78 is 0. The van der Waals surface area contributed by atoms with Crippen molar-refractivity contribution >= 4 is 34.4 Å². The number of carbonyl (C=O) groups is 2. The number of nitrogens with zero attached hydrogens (tertiary/aromatic N) is 2. The first kappa shape index (κ1) is 21.0. The number of hydrogen-bond acceptors (Lipinski definition) is 4. The molecule has 3 amide bonds. The molecule has 1 saturated heterocycles. The maximum Gasteiger partial charge on any atom is 0.332 e. The average Bonchev–Trinajstić information content (AvgIpc) is 3.19. The second kappa shape index (κ2) is 8.87. The Morgan fingerprint density at radius 3 is 2.77 bits per heavy atom. The van der Waals surface area contributed by atoms with E-state index in [1.165, 1.54) is 17.1 Å². The first-order chi connectivity index (χ1) is 14.9. The lowest BCUT2D eigenvalue weighted by molar-refractivity contribution is 0.0614. The minimum Gasteiger partial charge on any atom is -0.508 e. The number of nitrogens with two attached hydrogens (primary N) is 1. The summed E-state index contributed by atoms with van der Waals surface area (Å²) in [6.07, 6.45) is 1.46. The van der Waals surface area contributed by atoms with Crippen molar-refractivity contribution in [3.05, 3.63) is 64.8 Å². The maximum absolute atomic E-state index is 12.7. The lowest BCUT2D eigenvalue weighted by Gasteiger charge is -2.37. The number of phenols is 1. The molecule has 2 heterocycles. The van der Waals surface area contributed by atoms with Crippen molar-refractivity contribution in [3.63, 3.8) is 0 Å². The molecule has 5 N–H and O–H groups in total. The lowest BCUT2D eigenvalue weighted by Crippen LogP contribution is -2.56. The molecule has 0 radical (unpaired) electrons. The van der Waals surface area contributed by atoms with E-state index in [0.29, 0.717) is 36.6 Å². The predicted molar refractivity (Wildman–Crippen MR) is 119 cm³/mol. The second-order valence-corrected chi connectivity index (χ2v) is 8.12. The number of amides is 3. The third-order valence-corrected chi connectivity index (χ3v) is 5.73. The molecular weight excluding hydrogens is 418 g/mol. The first-order valence-corrected chi connectivity index (χ1v) is 10.5. The van der Waals surface area contributed by atoms with Crippen LogP contribution >= 0.6 is 11.6 Å². The van der Waals surface area contributed by atoms with Crippen LogP contribution in [0.1, 0.15) is 28.9 Å². The van der Waals surface area contributed by atoms with E-state index in [4.69, 9.17) is 17.4 Å². The van der Waals surface area contributed by atoms with Crippen LogP contribution in [0.2, 0.25) is 5.02 Å². The molecule has 1 aliphatic rings. The van der Waals surface area contributed by atoms with Crippen LogP contribution < -0.4 is 11.2 Å². The van der Waals surface area contributed by atoms with Crippen LogP contribution in [0.4, 0.5) is 4.79 Å². The Morgan fingerprint density at radius 1 is 1.23 bits per heavy atom. The molecule has 1 aliphatic heterocycles. The van der Waals surface area contributed by atoms with E-state index >= 15 is 0 Å². The third-order valence-electron chi connectivity index (χ3n) is 5.49. The number of carbonyl (C=O) groups excluding carboxylic acids is 2. The van der Waals surface area contributed by atoms with Crippen molar-refractivity contribution in [1.82, 2.24) is 20.2 Å². The number of piperidine rings is 1. The molecule has 8 nitrogen and oxygen atoms in total. The normalized spacial score (nSPS) is 16.3. The van der Waals surface area contributed by atoms with E-state index in [2.05, 4.69) is 10.3 Å². The highest BCUT2D eigenvalue weighted by Gasteiger charge is 2.29. The molecule has 3 aromatic rings. The van der Waals surface area contributed by atoms with E-state index in [9.17, 15) is 14.7 Å². The quantitative estimate of drug-likeness (QED) is 0.282. The number of hydrazine groups is 1. The number of aromatic nitrogens is 1. The molecular formula is C22H24ClN5O3. The Hall–Kier alpha value is -3.23. The molecule has 0 saturated carbocycles. The van der Waals surface area contributed by atoms with E-state index in [0.717, 1.165) is 23.0 Å². The van der Waals surface area contributed by atoms with Gasteiger partial charge >= 0.3 is 6.03 Å². The van der Waals surface area contributed by atoms with Gasteiger partial charge in [-0.15, -0.1) is 0 Å². The highest BCUT2D eigenvalue weighted by molar-refractivity contribution is 6.31. The largest absolute Gasteiger partial charge is 0.508 e. The highest BCUT2D eigenvalue weighted by atomic mass is 35.5. The van der Waals surface area contributed by atoms with Crippen molar-refractivity contribution in [1.29, 1.82) is 0 Å². The zero-order valence-electron chi connectivity index (χ0n) is 16.8. The Morgan fingerprint density at radius 2 is 2.00 bits per heavy atom. The number of fused-ring (bicyclic) bond motifs is 1. The molecule has 1 fully saturated rings. The monoisotopic (exact) mass is 441 g/mol. The highest BCUT2D eigenvalue weighted by Crippen LogP contribution is 2.21. The molecule has 0 spiro atoms. The number of phenolic OH excluding ortho intramolecular Hbond substituents is 1. The molecule has 162 valence electrons. The summed E-state index contributed by atoms with van der Waals surface area (Å²) in [4.78, 5) is 30.3. The second-order valence-electron chi connectivity index (χ2n) is 7.69. The van der Waals surface area contributed by atoms with E-state index < -0.39 is 6.03 Å². The SMILES string of the molecule is NN(C(=O)NCc1cc2cc(Cl)ccc2[nH]1)[C@@H]1CCCN(C(=O)c2ccc(O)cc2)C1. The number of aromatic hydroxyl groups is 1. The lowest BCUT2D eigenvalue weighted by atomic mass is 10.0. The van der Waals surface area contributed by atoms with Crippen LogP contribution in [0.15, 0.2) is 48.5 Å². The number of urea groups is 1. The van der Waals surface area contributed by atoms with Crippen molar-refractivity contribution < 1.29 is 14.7 Å². The molecule has 1 atom stereocenters. The van der Waals surface area contributed by atoms with Gasteiger partial charge < -0.3 is 20.3 Å². The van der Waals surface area contributed by atoms with E-state index in [-0.39, 0.29) is 17.7 Å². The van der Waals surface area contributed by atoms with Gasteiger partial charge in [0, 0.05) is 40.3 Å². The van der Waals surface area contributed by atoms with Crippen molar-refractivity contribution in [2.24, 2.45) is 5.84 Å². The topological polar surface area (TPSA) is 115 Å². The molecule has 2 aromatic carbocycles. The number of benzene rings is 2. The molecule has 0 aliphatic carbocycles. The van der Waals surface area contributed by atoms with Gasteiger partial charge in [0.05, 0.1) is 12.6 Å². The summed E-state index contributed by atoms with van der Waals surface area (Å²) in [5.74, 6) is 6.06. The minimum atomic E-state index is -0.402. The summed E-state index contributed by atoms with van der Waals surface area (Å²) in [7, 11) is 0. The van der Waals surface area contributed by atoms with Gasteiger partial charge in [0.15, 0.2) is 0 Å². The molecule has 0 bridgehead atoms. The van der Waals surface area contributed by atoms with Gasteiger partial charge in [-0.2, -0.15) is 0 Å². The Kier molecular flexibility index (Phi) is 6.01. The van der Waals surface area contributed by atoms with E-state index in [1.54, 1.807) is 23.1 Å². The van der Waals surface area contributed by atoms with Crippen molar-refractivity contribution in [2.45, 2.75) is 25.4 Å². The van der Waals surface area contributed by atoms with Crippen LogP contribution in [0.5, 0.6) is 5.75 Å². The molecule has 31 heavy (non-hydrogen) atoms.